The summed E-state index contributed by atoms with van der Waals surface area (Å²) in [7, 11) is 0. The first kappa shape index (κ1) is 15.7. The number of hydrogen-bond donors (Lipinski definition) is 2. The molecule has 25 heavy (non-hydrogen) atoms. The van der Waals surface area contributed by atoms with E-state index in [2.05, 4.69) is 15.6 Å². The van der Waals surface area contributed by atoms with Gasteiger partial charge in [0.1, 0.15) is 6.04 Å². The molecule has 0 saturated heterocycles. The summed E-state index contributed by atoms with van der Waals surface area (Å²) in [5.41, 5.74) is 3.05. The fourth-order valence-corrected chi connectivity index (χ4v) is 3.32. The van der Waals surface area contributed by atoms with Crippen molar-refractivity contribution >= 4 is 46.1 Å². The van der Waals surface area contributed by atoms with Crippen LogP contribution in [0.2, 0.25) is 5.02 Å². The molecule has 0 bridgehead atoms. The highest BCUT2D eigenvalue weighted by atomic mass is 35.5. The summed E-state index contributed by atoms with van der Waals surface area (Å²) in [6, 6.07) is 12.2. The van der Waals surface area contributed by atoms with Gasteiger partial charge in [0.25, 0.3) is 0 Å². The van der Waals surface area contributed by atoms with Crippen LogP contribution in [-0.2, 0) is 9.59 Å². The molecule has 2 aromatic carbocycles. The van der Waals surface area contributed by atoms with Gasteiger partial charge in [-0.3, -0.25) is 19.5 Å². The Morgan fingerprint density at radius 1 is 1.32 bits per heavy atom. The Morgan fingerprint density at radius 2 is 2.12 bits per heavy atom. The number of rotatable bonds is 2. The zero-order valence-corrected chi connectivity index (χ0v) is 14.2. The second-order valence-electron chi connectivity index (χ2n) is 6.03. The monoisotopic (exact) mass is 354 g/mol. The molecule has 2 N–H and O–H groups in total. The Bertz CT molecular complexity index is 1010. The van der Waals surface area contributed by atoms with Gasteiger partial charge in [-0.1, -0.05) is 29.8 Å². The molecule has 0 fully saturated rings. The minimum absolute atomic E-state index is 0.0443. The summed E-state index contributed by atoms with van der Waals surface area (Å²) >= 11 is 6.20. The zero-order valence-electron chi connectivity index (χ0n) is 13.4. The van der Waals surface area contributed by atoms with Gasteiger partial charge < -0.3 is 5.32 Å². The smallest absolute Gasteiger partial charge is 0.248 e. The van der Waals surface area contributed by atoms with E-state index in [1.165, 1.54) is 0 Å². The molecule has 0 unspecified atom stereocenters. The number of imidazole rings is 1. The Kier molecular flexibility index (Phi) is 3.69. The van der Waals surface area contributed by atoms with Gasteiger partial charge in [-0.15, -0.1) is 0 Å². The van der Waals surface area contributed by atoms with E-state index in [4.69, 9.17) is 11.6 Å². The molecular weight excluding hydrogens is 340 g/mol. The number of amides is 2. The highest BCUT2D eigenvalue weighted by Crippen LogP contribution is 2.32. The molecule has 0 aliphatic carbocycles. The molecule has 0 radical (unpaired) electrons. The van der Waals surface area contributed by atoms with Crippen molar-refractivity contribution in [3.63, 3.8) is 0 Å². The molecule has 3 aromatic rings. The van der Waals surface area contributed by atoms with Crippen molar-refractivity contribution in [1.29, 1.82) is 0 Å². The molecular formula is C18H15ClN4O2. The molecule has 2 heterocycles. The highest BCUT2D eigenvalue weighted by Gasteiger charge is 2.33. The lowest BCUT2D eigenvalue weighted by Gasteiger charge is -2.25. The maximum absolute atomic E-state index is 12.9. The molecule has 126 valence electrons. The van der Waals surface area contributed by atoms with Crippen LogP contribution in [0.1, 0.15) is 18.0 Å². The number of carbonyl (C=O) groups is 2. The average molecular weight is 355 g/mol. The van der Waals surface area contributed by atoms with Crippen molar-refractivity contribution in [2.45, 2.75) is 19.4 Å². The minimum atomic E-state index is -0.687. The standard InChI is InChI=1S/C18H15ClN4O2/c1-10-6-7-12(11(19)8-10)20-17(25)15-9-16(24)22-18-21-13-4-2-3-5-14(13)23(15)18/h2-8,15H,9H2,1H3,(H,20,25)(H,21,22,24)/t15-/m0/s1. The summed E-state index contributed by atoms with van der Waals surface area (Å²) < 4.78 is 1.76. The van der Waals surface area contributed by atoms with Gasteiger partial charge in [-0.25, -0.2) is 4.98 Å². The first-order valence-corrected chi connectivity index (χ1v) is 8.24. The molecule has 0 saturated carbocycles. The van der Waals surface area contributed by atoms with E-state index in [1.807, 2.05) is 37.3 Å². The Labute approximate surface area is 148 Å². The number of carbonyl (C=O) groups excluding carboxylic acids is 2. The lowest BCUT2D eigenvalue weighted by molar-refractivity contribution is -0.124. The van der Waals surface area contributed by atoms with Crippen molar-refractivity contribution < 1.29 is 9.59 Å². The molecule has 1 aliphatic rings. The number of aromatic nitrogens is 2. The average Bonchev–Trinajstić information content (AvgIpc) is 2.94. The summed E-state index contributed by atoms with van der Waals surface area (Å²) in [6.07, 6.45) is 0.0443. The van der Waals surface area contributed by atoms with Crippen molar-refractivity contribution in [2.75, 3.05) is 10.6 Å². The van der Waals surface area contributed by atoms with Gasteiger partial charge in [-0.05, 0) is 36.8 Å². The van der Waals surface area contributed by atoms with E-state index in [0.29, 0.717) is 16.7 Å². The van der Waals surface area contributed by atoms with Crippen LogP contribution in [0.4, 0.5) is 11.6 Å². The van der Waals surface area contributed by atoms with Crippen molar-refractivity contribution in [3.05, 3.63) is 53.1 Å². The third-order valence-electron chi connectivity index (χ3n) is 4.22. The van der Waals surface area contributed by atoms with Crippen LogP contribution in [0.15, 0.2) is 42.5 Å². The van der Waals surface area contributed by atoms with Crippen LogP contribution >= 0.6 is 11.6 Å². The number of benzene rings is 2. The normalized spacial score (nSPS) is 16.4. The van der Waals surface area contributed by atoms with Crippen LogP contribution in [0.25, 0.3) is 11.0 Å². The topological polar surface area (TPSA) is 76.0 Å². The van der Waals surface area contributed by atoms with Crippen LogP contribution < -0.4 is 10.6 Å². The van der Waals surface area contributed by atoms with Crippen molar-refractivity contribution in [2.24, 2.45) is 0 Å². The van der Waals surface area contributed by atoms with E-state index >= 15 is 0 Å². The maximum Gasteiger partial charge on any atom is 0.248 e. The molecule has 0 spiro atoms. The number of hydrogen-bond acceptors (Lipinski definition) is 3. The van der Waals surface area contributed by atoms with Crippen LogP contribution in [0.3, 0.4) is 0 Å². The Balaban J connectivity index is 1.73. The number of anilines is 2. The maximum atomic E-state index is 12.9. The van der Waals surface area contributed by atoms with E-state index in [1.54, 1.807) is 16.7 Å². The van der Waals surface area contributed by atoms with Crippen molar-refractivity contribution in [3.8, 4) is 0 Å². The van der Waals surface area contributed by atoms with Gasteiger partial charge in [0, 0.05) is 0 Å². The molecule has 4 rings (SSSR count). The first-order valence-electron chi connectivity index (χ1n) is 7.87. The number of aryl methyl sites for hydroxylation is 1. The SMILES string of the molecule is Cc1ccc(NC(=O)[C@@H]2CC(=O)Nc3nc4ccccc4n32)c(Cl)c1. The molecule has 1 aliphatic heterocycles. The van der Waals surface area contributed by atoms with Crippen molar-refractivity contribution in [1.82, 2.24) is 9.55 Å². The van der Waals surface area contributed by atoms with Gasteiger partial charge >= 0.3 is 0 Å². The molecule has 2 amide bonds. The molecule has 1 aromatic heterocycles. The largest absolute Gasteiger partial charge is 0.323 e. The number of para-hydroxylation sites is 2. The molecule has 1 atom stereocenters. The molecule has 7 heteroatoms. The van der Waals surface area contributed by atoms with Gasteiger partial charge in [0.05, 0.1) is 28.2 Å². The number of nitrogens with zero attached hydrogens (tertiary/aromatic N) is 2. The minimum Gasteiger partial charge on any atom is -0.323 e. The predicted octanol–water partition coefficient (Wildman–Crippen LogP) is 3.52. The van der Waals surface area contributed by atoms with Crippen LogP contribution in [-0.4, -0.2) is 21.4 Å². The summed E-state index contributed by atoms with van der Waals surface area (Å²) in [4.78, 5) is 29.3. The van der Waals surface area contributed by atoms with Crippen LogP contribution in [0, 0.1) is 6.92 Å². The first-order chi connectivity index (χ1) is 12.0. The third-order valence-corrected chi connectivity index (χ3v) is 4.54. The van der Waals surface area contributed by atoms with E-state index in [9.17, 15) is 9.59 Å². The number of fused-ring (bicyclic) bond motifs is 3. The summed E-state index contributed by atoms with van der Waals surface area (Å²) in [5, 5.41) is 6.01. The zero-order chi connectivity index (χ0) is 17.6. The van der Waals surface area contributed by atoms with E-state index in [-0.39, 0.29) is 18.2 Å². The fraction of sp³-hybridized carbons (Fsp3) is 0.167. The van der Waals surface area contributed by atoms with E-state index < -0.39 is 6.04 Å². The van der Waals surface area contributed by atoms with E-state index in [0.717, 1.165) is 16.6 Å². The lowest BCUT2D eigenvalue weighted by Crippen LogP contribution is -2.35. The lowest BCUT2D eigenvalue weighted by atomic mass is 10.1. The second kappa shape index (κ2) is 5.89. The number of nitrogens with one attached hydrogen (secondary N) is 2. The predicted molar refractivity (Wildman–Crippen MR) is 96.8 cm³/mol. The highest BCUT2D eigenvalue weighted by molar-refractivity contribution is 6.33. The Morgan fingerprint density at radius 3 is 2.92 bits per heavy atom. The second-order valence-corrected chi connectivity index (χ2v) is 6.44. The quantitative estimate of drug-likeness (QED) is 0.739. The van der Waals surface area contributed by atoms with Gasteiger partial charge in [-0.2, -0.15) is 0 Å². The van der Waals surface area contributed by atoms with Crippen LogP contribution in [0.5, 0.6) is 0 Å². The summed E-state index contributed by atoms with van der Waals surface area (Å²) in [5.74, 6) is -0.157. The Hall–Kier alpha value is -2.86. The molecule has 6 nitrogen and oxygen atoms in total. The van der Waals surface area contributed by atoms with Gasteiger partial charge in [0.15, 0.2) is 0 Å². The van der Waals surface area contributed by atoms with Gasteiger partial charge in [0.2, 0.25) is 17.8 Å². The fourth-order valence-electron chi connectivity index (χ4n) is 3.04. The summed E-state index contributed by atoms with van der Waals surface area (Å²) in [6.45, 7) is 1.92. The number of halogens is 1. The third kappa shape index (κ3) is 2.74.